The standard InChI is InChI=1S/C17H26N2O4S/c1-17(2,21)13-18(3)24(22,23)15-10-7-11-19(12-15)16(20)14-8-5-4-6-9-14/h4-6,8-9,15,21H,7,10-13H2,1-3H3. The van der Waals surface area contributed by atoms with Crippen molar-refractivity contribution in [3.8, 4) is 0 Å². The summed E-state index contributed by atoms with van der Waals surface area (Å²) in [5.74, 6) is -0.138. The second kappa shape index (κ2) is 7.21. The van der Waals surface area contributed by atoms with Crippen molar-refractivity contribution in [3.05, 3.63) is 35.9 Å². The Morgan fingerprint density at radius 2 is 1.96 bits per heavy atom. The van der Waals surface area contributed by atoms with Gasteiger partial charge in [0.2, 0.25) is 10.0 Å². The minimum Gasteiger partial charge on any atom is -0.389 e. The van der Waals surface area contributed by atoms with Crippen LogP contribution in [0, 0.1) is 0 Å². The number of sulfonamides is 1. The summed E-state index contributed by atoms with van der Waals surface area (Å²) in [6.07, 6.45) is 1.18. The number of likely N-dealkylation sites (tertiary alicyclic amines) is 1. The molecule has 1 heterocycles. The van der Waals surface area contributed by atoms with E-state index in [2.05, 4.69) is 0 Å². The van der Waals surface area contributed by atoms with Gasteiger partial charge in [-0.2, -0.15) is 0 Å². The van der Waals surface area contributed by atoms with Gasteiger partial charge in [0.05, 0.1) is 10.9 Å². The molecule has 2 rings (SSSR count). The van der Waals surface area contributed by atoms with Gasteiger partial charge in [0.25, 0.3) is 5.91 Å². The summed E-state index contributed by atoms with van der Waals surface area (Å²) in [5, 5.41) is 9.23. The minimum atomic E-state index is -3.56. The zero-order valence-corrected chi connectivity index (χ0v) is 15.3. The fraction of sp³-hybridized carbons (Fsp3) is 0.588. The number of likely N-dealkylation sites (N-methyl/N-ethyl adjacent to an activating group) is 1. The lowest BCUT2D eigenvalue weighted by atomic mass is 10.1. The number of rotatable bonds is 5. The molecule has 0 aliphatic carbocycles. The summed E-state index contributed by atoms with van der Waals surface area (Å²) in [4.78, 5) is 14.2. The second-order valence-corrected chi connectivity index (χ2v) is 9.31. The molecule has 1 saturated heterocycles. The van der Waals surface area contributed by atoms with Crippen molar-refractivity contribution in [2.75, 3.05) is 26.7 Å². The van der Waals surface area contributed by atoms with Crippen LogP contribution in [0.5, 0.6) is 0 Å². The maximum Gasteiger partial charge on any atom is 0.253 e. The lowest BCUT2D eigenvalue weighted by molar-refractivity contribution is 0.0625. The van der Waals surface area contributed by atoms with Crippen LogP contribution < -0.4 is 0 Å². The number of benzene rings is 1. The molecule has 134 valence electrons. The highest BCUT2D eigenvalue weighted by molar-refractivity contribution is 7.89. The van der Waals surface area contributed by atoms with E-state index in [1.807, 2.05) is 6.07 Å². The van der Waals surface area contributed by atoms with Crippen molar-refractivity contribution in [2.45, 2.75) is 37.5 Å². The van der Waals surface area contributed by atoms with E-state index in [0.717, 1.165) is 0 Å². The third-order valence-corrected chi connectivity index (χ3v) is 6.38. The molecule has 1 aliphatic rings. The molecule has 7 heteroatoms. The van der Waals surface area contributed by atoms with Gasteiger partial charge in [0.1, 0.15) is 0 Å². The van der Waals surface area contributed by atoms with Crippen LogP contribution in [0.1, 0.15) is 37.0 Å². The van der Waals surface area contributed by atoms with Gasteiger partial charge in [-0.25, -0.2) is 12.7 Å². The fourth-order valence-corrected chi connectivity index (χ4v) is 4.86. The highest BCUT2D eigenvalue weighted by Gasteiger charge is 2.36. The Morgan fingerprint density at radius 1 is 1.33 bits per heavy atom. The molecule has 6 nitrogen and oxygen atoms in total. The van der Waals surface area contributed by atoms with E-state index < -0.39 is 20.9 Å². The van der Waals surface area contributed by atoms with Gasteiger partial charge in [-0.1, -0.05) is 18.2 Å². The molecule has 1 aromatic rings. The van der Waals surface area contributed by atoms with Crippen LogP contribution in [-0.2, 0) is 10.0 Å². The van der Waals surface area contributed by atoms with Crippen LogP contribution >= 0.6 is 0 Å². The highest BCUT2D eigenvalue weighted by Crippen LogP contribution is 2.22. The van der Waals surface area contributed by atoms with E-state index in [9.17, 15) is 18.3 Å². The zero-order valence-electron chi connectivity index (χ0n) is 14.5. The van der Waals surface area contributed by atoms with E-state index in [1.54, 1.807) is 43.0 Å². The molecule has 1 aliphatic heterocycles. The number of nitrogens with zero attached hydrogens (tertiary/aromatic N) is 2. The van der Waals surface area contributed by atoms with Crippen molar-refractivity contribution < 1.29 is 18.3 Å². The average molecular weight is 354 g/mol. The number of carbonyl (C=O) groups excluding carboxylic acids is 1. The monoisotopic (exact) mass is 354 g/mol. The molecule has 0 saturated carbocycles. The first-order chi connectivity index (χ1) is 11.1. The van der Waals surface area contributed by atoms with Crippen LogP contribution in [-0.4, -0.2) is 66.2 Å². The highest BCUT2D eigenvalue weighted by atomic mass is 32.2. The minimum absolute atomic E-state index is 0.0263. The first-order valence-corrected chi connectivity index (χ1v) is 9.63. The summed E-state index contributed by atoms with van der Waals surface area (Å²) in [7, 11) is -2.09. The van der Waals surface area contributed by atoms with Gasteiger partial charge in [0, 0.05) is 32.2 Å². The molecule has 1 aromatic carbocycles. The van der Waals surface area contributed by atoms with Gasteiger partial charge in [-0.05, 0) is 38.8 Å². The normalized spacial score (nSPS) is 19.5. The smallest absolute Gasteiger partial charge is 0.253 e. The largest absolute Gasteiger partial charge is 0.389 e. The first-order valence-electron chi connectivity index (χ1n) is 8.13. The Balaban J connectivity index is 2.11. The number of amides is 1. The Labute approximate surface area is 144 Å². The molecular weight excluding hydrogens is 328 g/mol. The van der Waals surface area contributed by atoms with Gasteiger partial charge in [-0.15, -0.1) is 0 Å². The molecule has 1 amide bonds. The molecule has 1 atom stereocenters. The SMILES string of the molecule is CN(CC(C)(C)O)S(=O)(=O)C1CCCN(C(=O)c2ccccc2)C1. The van der Waals surface area contributed by atoms with Crippen LogP contribution in [0.15, 0.2) is 30.3 Å². The van der Waals surface area contributed by atoms with Crippen LogP contribution in [0.2, 0.25) is 0 Å². The van der Waals surface area contributed by atoms with Crippen LogP contribution in [0.25, 0.3) is 0 Å². The quantitative estimate of drug-likeness (QED) is 0.865. The lowest BCUT2D eigenvalue weighted by Gasteiger charge is -2.35. The Hall–Kier alpha value is -1.44. The number of piperidine rings is 1. The van der Waals surface area contributed by atoms with Gasteiger partial charge in [0.15, 0.2) is 0 Å². The molecule has 1 unspecified atom stereocenters. The number of carbonyl (C=O) groups is 1. The third kappa shape index (κ3) is 4.55. The predicted molar refractivity (Wildman–Crippen MR) is 93.2 cm³/mol. The van der Waals surface area contributed by atoms with Gasteiger partial charge >= 0.3 is 0 Å². The molecule has 1 N–H and O–H groups in total. The summed E-state index contributed by atoms with van der Waals surface area (Å²) < 4.78 is 26.7. The lowest BCUT2D eigenvalue weighted by Crippen LogP contribution is -2.50. The molecule has 0 spiro atoms. The van der Waals surface area contributed by atoms with E-state index in [-0.39, 0.29) is 19.0 Å². The van der Waals surface area contributed by atoms with Gasteiger partial charge in [-0.3, -0.25) is 4.79 Å². The molecule has 1 fully saturated rings. The molecular formula is C17H26N2O4S. The van der Waals surface area contributed by atoms with E-state index in [4.69, 9.17) is 0 Å². The summed E-state index contributed by atoms with van der Waals surface area (Å²) in [6, 6.07) is 8.90. The first kappa shape index (κ1) is 18.9. The van der Waals surface area contributed by atoms with Crippen molar-refractivity contribution >= 4 is 15.9 Å². The van der Waals surface area contributed by atoms with E-state index >= 15 is 0 Å². The number of hydrogen-bond donors (Lipinski definition) is 1. The summed E-state index contributed by atoms with van der Waals surface area (Å²) >= 11 is 0. The number of aliphatic hydroxyl groups is 1. The fourth-order valence-electron chi connectivity index (χ4n) is 3.02. The summed E-state index contributed by atoms with van der Waals surface area (Å²) in [6.45, 7) is 3.93. The van der Waals surface area contributed by atoms with Crippen molar-refractivity contribution in [1.29, 1.82) is 0 Å². The van der Waals surface area contributed by atoms with Crippen molar-refractivity contribution in [3.63, 3.8) is 0 Å². The Kier molecular flexibility index (Phi) is 5.67. The molecule has 0 radical (unpaired) electrons. The Morgan fingerprint density at radius 3 is 2.54 bits per heavy atom. The molecule has 24 heavy (non-hydrogen) atoms. The molecule has 0 bridgehead atoms. The maximum atomic E-state index is 12.7. The van der Waals surface area contributed by atoms with Crippen molar-refractivity contribution in [1.82, 2.24) is 9.21 Å². The van der Waals surface area contributed by atoms with Crippen molar-refractivity contribution in [2.24, 2.45) is 0 Å². The van der Waals surface area contributed by atoms with Gasteiger partial charge < -0.3 is 10.0 Å². The van der Waals surface area contributed by atoms with E-state index in [0.29, 0.717) is 24.9 Å². The third-order valence-electron chi connectivity index (χ3n) is 4.15. The predicted octanol–water partition coefficient (Wildman–Crippen LogP) is 1.32. The second-order valence-electron chi connectivity index (χ2n) is 6.99. The zero-order chi connectivity index (χ0) is 18.0. The molecule has 0 aromatic heterocycles. The van der Waals surface area contributed by atoms with Crippen LogP contribution in [0.3, 0.4) is 0 Å². The van der Waals surface area contributed by atoms with Crippen LogP contribution in [0.4, 0.5) is 0 Å². The van der Waals surface area contributed by atoms with E-state index in [1.165, 1.54) is 11.4 Å². The topological polar surface area (TPSA) is 77.9 Å². The Bertz CT molecular complexity index is 668. The summed E-state index contributed by atoms with van der Waals surface area (Å²) in [5.41, 5.74) is -0.531. The maximum absolute atomic E-state index is 12.7. The average Bonchev–Trinajstić information content (AvgIpc) is 2.53. The number of hydrogen-bond acceptors (Lipinski definition) is 4.